The first-order valence-corrected chi connectivity index (χ1v) is 12.3. The Bertz CT molecular complexity index is 1270. The molecule has 8 nitrogen and oxygen atoms in total. The number of aryl methyl sites for hydroxylation is 2. The minimum absolute atomic E-state index is 0.165. The van der Waals surface area contributed by atoms with Gasteiger partial charge < -0.3 is 15.0 Å². The van der Waals surface area contributed by atoms with Crippen molar-refractivity contribution in [2.45, 2.75) is 38.0 Å². The lowest BCUT2D eigenvalue weighted by molar-refractivity contribution is 0.0712. The normalized spacial score (nSPS) is 13.1. The number of aromatic nitrogens is 4. The van der Waals surface area contributed by atoms with Crippen molar-refractivity contribution in [3.63, 3.8) is 0 Å². The summed E-state index contributed by atoms with van der Waals surface area (Å²) in [6, 6.07) is 4.12. The number of fused-ring (bicyclic) bond motifs is 1. The Hall–Kier alpha value is -2.53. The molecule has 0 amide bonds. The lowest BCUT2D eigenvalue weighted by Gasteiger charge is -2.28. The van der Waals surface area contributed by atoms with Crippen LogP contribution in [0.25, 0.3) is 11.2 Å². The van der Waals surface area contributed by atoms with E-state index in [1.54, 1.807) is 36.0 Å². The van der Waals surface area contributed by atoms with Crippen molar-refractivity contribution in [2.24, 2.45) is 14.1 Å². The fourth-order valence-electron chi connectivity index (χ4n) is 3.96. The fraction of sp³-hybridized carbons (Fsp3) is 0.409. The highest BCUT2D eigenvalue weighted by Crippen LogP contribution is 2.35. The number of nitrogens with one attached hydrogen (secondary N) is 1. The molecular formula is C22H27N5O3S2. The monoisotopic (exact) mass is 473 g/mol. The molecule has 32 heavy (non-hydrogen) atoms. The summed E-state index contributed by atoms with van der Waals surface area (Å²) in [5.41, 5.74) is 0.943. The fourth-order valence-corrected chi connectivity index (χ4v) is 5.40. The second-order valence-electron chi connectivity index (χ2n) is 8.09. The molecule has 4 aromatic rings. The van der Waals surface area contributed by atoms with Crippen LogP contribution in [0.3, 0.4) is 0 Å². The predicted octanol–water partition coefficient (Wildman–Crippen LogP) is 2.25. The first-order chi connectivity index (χ1) is 15.3. The van der Waals surface area contributed by atoms with Crippen molar-refractivity contribution in [3.8, 4) is 0 Å². The highest BCUT2D eigenvalue weighted by molar-refractivity contribution is 7.08. The van der Waals surface area contributed by atoms with Crippen LogP contribution in [0.2, 0.25) is 0 Å². The van der Waals surface area contributed by atoms with Gasteiger partial charge in [-0.1, -0.05) is 0 Å². The molecule has 0 aliphatic heterocycles. The second kappa shape index (κ2) is 9.14. The lowest BCUT2D eigenvalue weighted by atomic mass is 9.87. The van der Waals surface area contributed by atoms with Crippen LogP contribution in [0.4, 0.5) is 0 Å². The molecule has 4 rings (SSSR count). The third-order valence-electron chi connectivity index (χ3n) is 6.00. The number of thiophene rings is 2. The first kappa shape index (κ1) is 22.7. The molecule has 2 N–H and O–H groups in total. The van der Waals surface area contributed by atoms with Crippen molar-refractivity contribution < 1.29 is 5.11 Å². The standard InChI is InChI=1S/C22H27N5O3S2/c1-15(4-9-27-14-24-19-18(27)20(28)26(3)21(29)25(19)2)23-8-7-22(30,16-5-10-31-12-16)17-6-11-32-13-17/h5-6,10-15,23,30H,4,7-9H2,1-3H3. The summed E-state index contributed by atoms with van der Waals surface area (Å²) in [7, 11) is 3.10. The van der Waals surface area contributed by atoms with E-state index in [9.17, 15) is 14.7 Å². The molecule has 0 aromatic carbocycles. The van der Waals surface area contributed by atoms with Gasteiger partial charge in [0.1, 0.15) is 5.60 Å². The quantitative estimate of drug-likeness (QED) is 0.389. The molecule has 0 saturated heterocycles. The Kier molecular flexibility index (Phi) is 6.47. The molecule has 4 heterocycles. The highest BCUT2D eigenvalue weighted by Gasteiger charge is 2.32. The number of hydrogen-bond acceptors (Lipinski definition) is 7. The summed E-state index contributed by atoms with van der Waals surface area (Å²) in [4.78, 5) is 28.9. The molecule has 0 saturated carbocycles. The molecule has 0 radical (unpaired) electrons. The number of imidazole rings is 1. The average Bonchev–Trinajstić information content (AvgIpc) is 3.56. The Morgan fingerprint density at radius 2 is 1.78 bits per heavy atom. The maximum atomic E-state index is 12.6. The van der Waals surface area contributed by atoms with Crippen molar-refractivity contribution >= 4 is 33.8 Å². The summed E-state index contributed by atoms with van der Waals surface area (Å²) < 4.78 is 4.31. The topological polar surface area (TPSA) is 94.1 Å². The Labute approximate surface area is 193 Å². The van der Waals surface area contributed by atoms with Gasteiger partial charge in [0.25, 0.3) is 5.56 Å². The zero-order valence-electron chi connectivity index (χ0n) is 18.3. The van der Waals surface area contributed by atoms with E-state index in [1.165, 1.54) is 11.6 Å². The number of aliphatic hydroxyl groups is 1. The van der Waals surface area contributed by atoms with Gasteiger partial charge in [-0.3, -0.25) is 13.9 Å². The molecule has 0 aliphatic carbocycles. The molecule has 1 unspecified atom stereocenters. The summed E-state index contributed by atoms with van der Waals surface area (Å²) in [6.07, 6.45) is 2.94. The molecular weight excluding hydrogens is 446 g/mol. The van der Waals surface area contributed by atoms with Crippen molar-refractivity contribution in [1.29, 1.82) is 0 Å². The summed E-state index contributed by atoms with van der Waals surface area (Å²) >= 11 is 3.16. The van der Waals surface area contributed by atoms with Gasteiger partial charge in [0.15, 0.2) is 11.2 Å². The largest absolute Gasteiger partial charge is 0.380 e. The molecule has 10 heteroatoms. The second-order valence-corrected chi connectivity index (χ2v) is 9.65. The van der Waals surface area contributed by atoms with E-state index in [0.717, 1.165) is 22.1 Å². The van der Waals surface area contributed by atoms with Gasteiger partial charge >= 0.3 is 5.69 Å². The molecule has 1 atom stereocenters. The van der Waals surface area contributed by atoms with Crippen LogP contribution in [-0.2, 0) is 26.2 Å². The van der Waals surface area contributed by atoms with Gasteiger partial charge in [0, 0.05) is 26.7 Å². The maximum Gasteiger partial charge on any atom is 0.332 e. The van der Waals surface area contributed by atoms with E-state index in [4.69, 9.17) is 0 Å². The predicted molar refractivity (Wildman–Crippen MR) is 129 cm³/mol. The van der Waals surface area contributed by atoms with E-state index in [2.05, 4.69) is 17.2 Å². The molecule has 170 valence electrons. The van der Waals surface area contributed by atoms with E-state index >= 15 is 0 Å². The zero-order chi connectivity index (χ0) is 22.9. The van der Waals surface area contributed by atoms with Gasteiger partial charge in [-0.2, -0.15) is 22.7 Å². The summed E-state index contributed by atoms with van der Waals surface area (Å²) in [5.74, 6) is 0. The van der Waals surface area contributed by atoms with Gasteiger partial charge in [0.2, 0.25) is 0 Å². The highest BCUT2D eigenvalue weighted by atomic mass is 32.1. The Morgan fingerprint density at radius 1 is 1.12 bits per heavy atom. The number of nitrogens with zero attached hydrogens (tertiary/aromatic N) is 4. The molecule has 0 spiro atoms. The maximum absolute atomic E-state index is 12.6. The van der Waals surface area contributed by atoms with Crippen LogP contribution in [0, 0.1) is 0 Å². The Morgan fingerprint density at radius 3 is 2.38 bits per heavy atom. The molecule has 0 bridgehead atoms. The number of rotatable bonds is 9. The van der Waals surface area contributed by atoms with Crippen molar-refractivity contribution in [3.05, 3.63) is 71.9 Å². The minimum atomic E-state index is -1.01. The SMILES string of the molecule is CC(CCn1cnc2c1c(=O)n(C)c(=O)n2C)NCCC(O)(c1ccsc1)c1ccsc1. The van der Waals surface area contributed by atoms with Crippen LogP contribution in [0.15, 0.2) is 49.6 Å². The smallest absolute Gasteiger partial charge is 0.332 e. The van der Waals surface area contributed by atoms with Crippen LogP contribution in [0.1, 0.15) is 30.9 Å². The molecule has 0 fully saturated rings. The van der Waals surface area contributed by atoms with E-state index in [1.807, 2.05) is 38.2 Å². The van der Waals surface area contributed by atoms with Crippen LogP contribution < -0.4 is 16.6 Å². The Balaban J connectivity index is 1.40. The zero-order valence-corrected chi connectivity index (χ0v) is 19.9. The van der Waals surface area contributed by atoms with Gasteiger partial charge in [0.05, 0.1) is 6.33 Å². The van der Waals surface area contributed by atoms with Crippen LogP contribution in [-0.4, -0.2) is 36.4 Å². The van der Waals surface area contributed by atoms with Crippen molar-refractivity contribution in [1.82, 2.24) is 24.0 Å². The van der Waals surface area contributed by atoms with E-state index < -0.39 is 5.60 Å². The van der Waals surface area contributed by atoms with Crippen LogP contribution >= 0.6 is 22.7 Å². The number of hydrogen-bond donors (Lipinski definition) is 2. The van der Waals surface area contributed by atoms with E-state index in [0.29, 0.717) is 30.7 Å². The van der Waals surface area contributed by atoms with Gasteiger partial charge in [-0.05, 0) is 71.1 Å². The summed E-state index contributed by atoms with van der Waals surface area (Å²) in [6.45, 7) is 3.32. The van der Waals surface area contributed by atoms with E-state index in [-0.39, 0.29) is 17.3 Å². The molecule has 0 aliphatic rings. The lowest BCUT2D eigenvalue weighted by Crippen LogP contribution is -2.38. The summed E-state index contributed by atoms with van der Waals surface area (Å²) in [5, 5.41) is 22.9. The van der Waals surface area contributed by atoms with Gasteiger partial charge in [-0.15, -0.1) is 0 Å². The van der Waals surface area contributed by atoms with Crippen LogP contribution in [0.5, 0.6) is 0 Å². The minimum Gasteiger partial charge on any atom is -0.380 e. The third kappa shape index (κ3) is 4.11. The average molecular weight is 474 g/mol. The molecule has 4 aromatic heterocycles. The third-order valence-corrected chi connectivity index (χ3v) is 7.36. The van der Waals surface area contributed by atoms with Crippen molar-refractivity contribution in [2.75, 3.05) is 6.54 Å². The van der Waals surface area contributed by atoms with Gasteiger partial charge in [-0.25, -0.2) is 9.78 Å². The first-order valence-electron chi connectivity index (χ1n) is 10.4.